The number of piperazine rings is 1. The molecular formula is C27H38N4O2. The summed E-state index contributed by atoms with van der Waals surface area (Å²) >= 11 is 0. The van der Waals surface area contributed by atoms with Crippen molar-refractivity contribution >= 4 is 18.0 Å². The van der Waals surface area contributed by atoms with Gasteiger partial charge in [-0.1, -0.05) is 42.5 Å². The summed E-state index contributed by atoms with van der Waals surface area (Å²) in [5.74, 6) is 2.12. The molecular weight excluding hydrogens is 412 g/mol. The lowest BCUT2D eigenvalue weighted by molar-refractivity contribution is -0.125. The van der Waals surface area contributed by atoms with Crippen molar-refractivity contribution in [3.63, 3.8) is 0 Å². The highest BCUT2D eigenvalue weighted by atomic mass is 16.2. The lowest BCUT2D eigenvalue weighted by Crippen LogP contribution is -2.63. The van der Waals surface area contributed by atoms with Crippen LogP contribution >= 0.6 is 0 Å². The minimum atomic E-state index is -0.297. The molecule has 1 aromatic carbocycles. The van der Waals surface area contributed by atoms with Gasteiger partial charge in [-0.25, -0.2) is 4.79 Å². The van der Waals surface area contributed by atoms with Gasteiger partial charge in [-0.05, 0) is 68.8 Å². The molecule has 1 unspecified atom stereocenters. The van der Waals surface area contributed by atoms with Gasteiger partial charge in [0.05, 0.1) is 6.04 Å². The SMILES string of the molecule is CC(C(=O)NC(=O)NC12CC3CC(CC(C3)C1)C2)N1CCN(C/C=C/c2ccccc2)CC1. The second kappa shape index (κ2) is 9.59. The molecule has 4 aliphatic carbocycles. The Kier molecular flexibility index (Phi) is 6.57. The third kappa shape index (κ3) is 5.33. The van der Waals surface area contributed by atoms with E-state index >= 15 is 0 Å². The Morgan fingerprint density at radius 3 is 2.21 bits per heavy atom. The summed E-state index contributed by atoms with van der Waals surface area (Å²) in [5, 5.41) is 5.91. The molecule has 1 heterocycles. The zero-order chi connectivity index (χ0) is 22.8. The van der Waals surface area contributed by atoms with Crippen molar-refractivity contribution in [2.45, 2.75) is 57.0 Å². The average molecular weight is 451 g/mol. The molecule has 0 spiro atoms. The minimum absolute atomic E-state index is 0.0682. The van der Waals surface area contributed by atoms with Crippen LogP contribution in [0.1, 0.15) is 51.0 Å². The minimum Gasteiger partial charge on any atom is -0.332 e. The summed E-state index contributed by atoms with van der Waals surface area (Å²) in [7, 11) is 0. The van der Waals surface area contributed by atoms with Gasteiger partial charge in [-0.3, -0.25) is 19.9 Å². The Bertz CT molecular complexity index is 840. The number of carbonyl (C=O) groups excluding carboxylic acids is 2. The van der Waals surface area contributed by atoms with Crippen LogP contribution in [0.4, 0.5) is 4.79 Å². The van der Waals surface area contributed by atoms with Gasteiger partial charge in [0.15, 0.2) is 0 Å². The Hall–Kier alpha value is -2.18. The van der Waals surface area contributed by atoms with Gasteiger partial charge in [0, 0.05) is 38.3 Å². The molecule has 1 saturated heterocycles. The Balaban J connectivity index is 1.05. The topological polar surface area (TPSA) is 64.7 Å². The van der Waals surface area contributed by atoms with E-state index in [0.29, 0.717) is 0 Å². The van der Waals surface area contributed by atoms with E-state index in [1.165, 1.54) is 24.8 Å². The normalized spacial score (nSPS) is 32.7. The smallest absolute Gasteiger partial charge is 0.321 e. The van der Waals surface area contributed by atoms with Crippen LogP contribution < -0.4 is 10.6 Å². The van der Waals surface area contributed by atoms with Crippen molar-refractivity contribution in [2.75, 3.05) is 32.7 Å². The summed E-state index contributed by atoms with van der Waals surface area (Å²) < 4.78 is 0. The lowest BCUT2D eigenvalue weighted by atomic mass is 9.53. The van der Waals surface area contributed by atoms with Crippen LogP contribution in [-0.2, 0) is 4.79 Å². The molecule has 0 aromatic heterocycles. The van der Waals surface area contributed by atoms with Crippen LogP contribution in [0.3, 0.4) is 0 Å². The summed E-state index contributed by atoms with van der Waals surface area (Å²) in [4.78, 5) is 30.1. The molecule has 4 bridgehead atoms. The number of carbonyl (C=O) groups is 2. The molecule has 3 amide bonds. The summed E-state index contributed by atoms with van der Waals surface area (Å²) in [5.41, 5.74) is 1.15. The number of benzene rings is 1. The zero-order valence-electron chi connectivity index (χ0n) is 19.8. The largest absolute Gasteiger partial charge is 0.332 e. The van der Waals surface area contributed by atoms with Crippen molar-refractivity contribution in [2.24, 2.45) is 17.8 Å². The van der Waals surface area contributed by atoms with Gasteiger partial charge < -0.3 is 5.32 Å². The summed E-state index contributed by atoms with van der Waals surface area (Å²) in [6.07, 6.45) is 11.7. The number of amides is 3. The number of nitrogens with one attached hydrogen (secondary N) is 2. The molecule has 6 rings (SSSR count). The quantitative estimate of drug-likeness (QED) is 0.696. The van der Waals surface area contributed by atoms with E-state index in [0.717, 1.165) is 69.7 Å². The standard InChI is InChI=1S/C27H38N4O2/c1-20(31-12-10-30(11-13-31)9-5-8-21-6-3-2-4-7-21)25(32)28-26(33)29-27-17-22-14-23(18-27)16-24(15-22)19-27/h2-8,20,22-24H,9-19H2,1H3,(H2,28,29,32,33)/b8-5+. The van der Waals surface area contributed by atoms with Crippen LogP contribution in [0.5, 0.6) is 0 Å². The molecule has 178 valence electrons. The molecule has 0 radical (unpaired) electrons. The second-order valence-corrected chi connectivity index (χ2v) is 11.0. The molecule has 1 atom stereocenters. The third-order valence-corrected chi connectivity index (χ3v) is 8.46. The maximum absolute atomic E-state index is 12.8. The molecule has 2 N–H and O–H groups in total. The number of nitrogens with zero attached hydrogens (tertiary/aromatic N) is 2. The van der Waals surface area contributed by atoms with Crippen LogP contribution in [0.15, 0.2) is 36.4 Å². The van der Waals surface area contributed by atoms with E-state index < -0.39 is 0 Å². The van der Waals surface area contributed by atoms with Crippen LogP contribution in [0, 0.1) is 17.8 Å². The molecule has 5 aliphatic rings. The Morgan fingerprint density at radius 1 is 1.00 bits per heavy atom. The van der Waals surface area contributed by atoms with Gasteiger partial charge >= 0.3 is 6.03 Å². The van der Waals surface area contributed by atoms with E-state index in [4.69, 9.17) is 0 Å². The van der Waals surface area contributed by atoms with Gasteiger partial charge in [0.1, 0.15) is 0 Å². The number of imide groups is 1. The second-order valence-electron chi connectivity index (χ2n) is 11.0. The first kappa shape index (κ1) is 22.6. The Labute approximate surface area is 197 Å². The molecule has 1 aromatic rings. The molecule has 5 fully saturated rings. The zero-order valence-corrected chi connectivity index (χ0v) is 19.8. The van der Waals surface area contributed by atoms with Gasteiger partial charge in [0.2, 0.25) is 5.91 Å². The van der Waals surface area contributed by atoms with E-state index in [1.54, 1.807) is 0 Å². The fourth-order valence-corrected chi connectivity index (χ4v) is 7.15. The van der Waals surface area contributed by atoms with Crippen molar-refractivity contribution in [1.29, 1.82) is 0 Å². The first-order valence-corrected chi connectivity index (χ1v) is 12.8. The highest BCUT2D eigenvalue weighted by Gasteiger charge is 2.51. The van der Waals surface area contributed by atoms with E-state index in [1.807, 2.05) is 25.1 Å². The van der Waals surface area contributed by atoms with Crippen LogP contribution in [0.25, 0.3) is 6.08 Å². The third-order valence-electron chi connectivity index (χ3n) is 8.46. The highest BCUT2D eigenvalue weighted by Crippen LogP contribution is 2.55. The number of hydrogen-bond donors (Lipinski definition) is 2. The number of hydrogen-bond acceptors (Lipinski definition) is 4. The molecule has 6 nitrogen and oxygen atoms in total. The molecule has 33 heavy (non-hydrogen) atoms. The lowest BCUT2D eigenvalue weighted by Gasteiger charge is -2.56. The number of rotatable bonds is 6. The van der Waals surface area contributed by atoms with E-state index in [2.05, 4.69) is 44.7 Å². The Morgan fingerprint density at radius 2 is 1.61 bits per heavy atom. The van der Waals surface area contributed by atoms with Crippen molar-refractivity contribution in [3.05, 3.63) is 42.0 Å². The maximum atomic E-state index is 12.8. The fraction of sp³-hybridized carbons (Fsp3) is 0.630. The van der Waals surface area contributed by atoms with Gasteiger partial charge in [-0.15, -0.1) is 0 Å². The van der Waals surface area contributed by atoms with E-state index in [9.17, 15) is 9.59 Å². The van der Waals surface area contributed by atoms with Crippen LogP contribution in [0.2, 0.25) is 0 Å². The van der Waals surface area contributed by atoms with Gasteiger partial charge in [0.25, 0.3) is 0 Å². The summed E-state index contributed by atoms with van der Waals surface area (Å²) in [6.45, 7) is 6.36. The first-order valence-electron chi connectivity index (χ1n) is 12.8. The molecule has 6 heteroatoms. The summed E-state index contributed by atoms with van der Waals surface area (Å²) in [6, 6.07) is 9.75. The van der Waals surface area contributed by atoms with Crippen molar-refractivity contribution in [3.8, 4) is 0 Å². The van der Waals surface area contributed by atoms with Crippen molar-refractivity contribution < 1.29 is 9.59 Å². The van der Waals surface area contributed by atoms with E-state index in [-0.39, 0.29) is 23.5 Å². The predicted molar refractivity (Wildman–Crippen MR) is 131 cm³/mol. The number of urea groups is 1. The fourth-order valence-electron chi connectivity index (χ4n) is 7.15. The monoisotopic (exact) mass is 450 g/mol. The van der Waals surface area contributed by atoms with Gasteiger partial charge in [-0.2, -0.15) is 0 Å². The maximum Gasteiger partial charge on any atom is 0.321 e. The predicted octanol–water partition coefficient (Wildman–Crippen LogP) is 3.50. The van der Waals surface area contributed by atoms with Crippen molar-refractivity contribution in [1.82, 2.24) is 20.4 Å². The van der Waals surface area contributed by atoms with Crippen LogP contribution in [-0.4, -0.2) is 66.0 Å². The first-order chi connectivity index (χ1) is 16.0. The average Bonchev–Trinajstić information content (AvgIpc) is 2.78. The molecule has 1 aliphatic heterocycles. The highest BCUT2D eigenvalue weighted by molar-refractivity contribution is 5.97. The molecule has 4 saturated carbocycles.